The molecule has 5 rings (SSSR count). The zero-order valence-corrected chi connectivity index (χ0v) is 18.9. The Balaban J connectivity index is 1.27. The van der Waals surface area contributed by atoms with Gasteiger partial charge in [0.25, 0.3) is 11.6 Å². The quantitative estimate of drug-likeness (QED) is 0.311. The highest BCUT2D eigenvalue weighted by Crippen LogP contribution is 2.26. The second-order valence-corrected chi connectivity index (χ2v) is 8.47. The summed E-state index contributed by atoms with van der Waals surface area (Å²) >= 11 is 5.98. The van der Waals surface area contributed by atoms with E-state index in [1.165, 1.54) is 23.6 Å². The van der Waals surface area contributed by atoms with Gasteiger partial charge in [0.2, 0.25) is 0 Å². The molecule has 0 atom stereocenters. The summed E-state index contributed by atoms with van der Waals surface area (Å²) in [7, 11) is 0. The largest absolute Gasteiger partial charge is 0.352 e. The monoisotopic (exact) mass is 473 g/mol. The molecule has 0 N–H and O–H groups in total. The number of fused-ring (bicyclic) bond motifs is 1. The number of nitro benzene ring substituents is 1. The maximum Gasteiger partial charge on any atom is 0.282 e. The van der Waals surface area contributed by atoms with Gasteiger partial charge in [-0.25, -0.2) is 0 Å². The van der Waals surface area contributed by atoms with Crippen LogP contribution < -0.4 is 4.90 Å². The second kappa shape index (κ2) is 9.07. The number of benzene rings is 3. The Hall–Kier alpha value is -4.04. The van der Waals surface area contributed by atoms with Gasteiger partial charge in [-0.15, -0.1) is 10.2 Å². The first-order chi connectivity index (χ1) is 16.5. The van der Waals surface area contributed by atoms with Crippen molar-refractivity contribution in [3.05, 3.63) is 93.5 Å². The summed E-state index contributed by atoms with van der Waals surface area (Å²) < 4.78 is 0. The summed E-state index contributed by atoms with van der Waals surface area (Å²) in [5.41, 5.74) is 1.55. The number of aromatic nitrogens is 2. The number of carbonyl (C=O) groups is 1. The molecule has 34 heavy (non-hydrogen) atoms. The number of hydrogen-bond donors (Lipinski definition) is 0. The van der Waals surface area contributed by atoms with Crippen LogP contribution in [-0.4, -0.2) is 52.1 Å². The third kappa shape index (κ3) is 4.27. The molecular weight excluding hydrogens is 454 g/mol. The highest BCUT2D eigenvalue weighted by molar-refractivity contribution is 6.31. The molecule has 0 aliphatic carbocycles. The molecule has 0 bridgehead atoms. The molecule has 1 saturated heterocycles. The van der Waals surface area contributed by atoms with Crippen molar-refractivity contribution in [2.45, 2.75) is 0 Å². The Morgan fingerprint density at radius 3 is 2.35 bits per heavy atom. The number of nitro groups is 1. The first kappa shape index (κ1) is 21.8. The van der Waals surface area contributed by atoms with Crippen LogP contribution in [0.15, 0.2) is 72.8 Å². The number of anilines is 1. The molecule has 0 spiro atoms. The summed E-state index contributed by atoms with van der Waals surface area (Å²) in [4.78, 5) is 27.3. The molecule has 4 aromatic rings. The lowest BCUT2D eigenvalue weighted by atomic mass is 10.1. The number of amides is 1. The van der Waals surface area contributed by atoms with Gasteiger partial charge in [0.15, 0.2) is 5.82 Å². The fourth-order valence-corrected chi connectivity index (χ4v) is 4.32. The standard InChI is InChI=1S/C25H20ClN5O3/c26-20-7-9-23(31(33)34)21(16-20)25(32)30-13-11-29(12-14-30)24-10-8-22(27-28-24)19-6-5-17-3-1-2-4-18(17)15-19/h1-10,15-16H,11-14H2. The van der Waals surface area contributed by atoms with Crippen molar-refractivity contribution in [3.8, 4) is 11.3 Å². The molecule has 0 unspecified atom stereocenters. The van der Waals surface area contributed by atoms with Crippen molar-refractivity contribution in [1.29, 1.82) is 0 Å². The van der Waals surface area contributed by atoms with Gasteiger partial charge >= 0.3 is 0 Å². The van der Waals surface area contributed by atoms with Gasteiger partial charge in [-0.2, -0.15) is 0 Å². The first-order valence-corrected chi connectivity index (χ1v) is 11.2. The Labute approximate surface area is 200 Å². The minimum atomic E-state index is -0.563. The van der Waals surface area contributed by atoms with Crippen LogP contribution in [0, 0.1) is 10.1 Å². The molecular formula is C25H20ClN5O3. The summed E-state index contributed by atoms with van der Waals surface area (Å²) in [5.74, 6) is 0.331. The molecule has 1 fully saturated rings. The van der Waals surface area contributed by atoms with Crippen LogP contribution in [0.3, 0.4) is 0 Å². The van der Waals surface area contributed by atoms with Gasteiger partial charge in [-0.05, 0) is 41.1 Å². The van der Waals surface area contributed by atoms with E-state index < -0.39 is 10.8 Å². The number of carbonyl (C=O) groups excluding carboxylic acids is 1. The molecule has 0 radical (unpaired) electrons. The van der Waals surface area contributed by atoms with Gasteiger partial charge in [0.1, 0.15) is 5.56 Å². The zero-order valence-electron chi connectivity index (χ0n) is 18.1. The van der Waals surface area contributed by atoms with Crippen molar-refractivity contribution in [1.82, 2.24) is 15.1 Å². The lowest BCUT2D eigenvalue weighted by molar-refractivity contribution is -0.385. The summed E-state index contributed by atoms with van der Waals surface area (Å²) in [6.45, 7) is 1.92. The van der Waals surface area contributed by atoms with Gasteiger partial charge in [-0.3, -0.25) is 14.9 Å². The molecule has 9 heteroatoms. The van der Waals surface area contributed by atoms with E-state index >= 15 is 0 Å². The van der Waals surface area contributed by atoms with Crippen molar-refractivity contribution in [3.63, 3.8) is 0 Å². The number of halogens is 1. The minimum Gasteiger partial charge on any atom is -0.352 e. The van der Waals surface area contributed by atoms with Crippen LogP contribution in [0.1, 0.15) is 10.4 Å². The smallest absolute Gasteiger partial charge is 0.282 e. The van der Waals surface area contributed by atoms with Gasteiger partial charge in [0, 0.05) is 42.8 Å². The number of nitrogens with zero attached hydrogens (tertiary/aromatic N) is 5. The predicted molar refractivity (Wildman–Crippen MR) is 131 cm³/mol. The van der Waals surface area contributed by atoms with Gasteiger partial charge < -0.3 is 9.80 Å². The van der Waals surface area contributed by atoms with Crippen LogP contribution in [-0.2, 0) is 0 Å². The Bertz CT molecular complexity index is 1390. The zero-order chi connectivity index (χ0) is 23.7. The Morgan fingerprint density at radius 1 is 0.882 bits per heavy atom. The van der Waals surface area contributed by atoms with Crippen LogP contribution in [0.25, 0.3) is 22.0 Å². The fraction of sp³-hybridized carbons (Fsp3) is 0.160. The van der Waals surface area contributed by atoms with E-state index in [0.717, 1.165) is 22.5 Å². The highest BCUT2D eigenvalue weighted by Gasteiger charge is 2.28. The number of hydrogen-bond acceptors (Lipinski definition) is 6. The minimum absolute atomic E-state index is 0.00507. The molecule has 1 aromatic heterocycles. The van der Waals surface area contributed by atoms with Crippen LogP contribution in [0.5, 0.6) is 0 Å². The first-order valence-electron chi connectivity index (χ1n) is 10.8. The second-order valence-electron chi connectivity index (χ2n) is 8.04. The lowest BCUT2D eigenvalue weighted by Crippen LogP contribution is -2.49. The number of rotatable bonds is 4. The van der Waals surface area contributed by atoms with Crippen molar-refractivity contribution in [2.75, 3.05) is 31.1 Å². The summed E-state index contributed by atoms with van der Waals surface area (Å²) in [5, 5.41) is 22.7. The molecule has 0 saturated carbocycles. The molecule has 1 aliphatic rings. The van der Waals surface area contributed by atoms with Crippen molar-refractivity contribution in [2.24, 2.45) is 0 Å². The van der Waals surface area contributed by atoms with Crippen LogP contribution in [0.4, 0.5) is 11.5 Å². The van der Waals surface area contributed by atoms with Gasteiger partial charge in [0.05, 0.1) is 10.6 Å². The normalized spacial score (nSPS) is 13.8. The average molecular weight is 474 g/mol. The molecule has 2 heterocycles. The Kier molecular flexibility index (Phi) is 5.81. The van der Waals surface area contributed by atoms with E-state index in [1.807, 2.05) is 35.2 Å². The molecule has 170 valence electrons. The average Bonchev–Trinajstić information content (AvgIpc) is 2.88. The Morgan fingerprint density at radius 2 is 1.65 bits per heavy atom. The third-order valence-corrected chi connectivity index (χ3v) is 6.21. The number of piperazine rings is 1. The van der Waals surface area contributed by atoms with Crippen molar-refractivity contribution < 1.29 is 9.72 Å². The van der Waals surface area contributed by atoms with E-state index in [2.05, 4.69) is 34.5 Å². The highest BCUT2D eigenvalue weighted by atomic mass is 35.5. The van der Waals surface area contributed by atoms with E-state index in [4.69, 9.17) is 11.6 Å². The van der Waals surface area contributed by atoms with E-state index in [0.29, 0.717) is 26.2 Å². The fourth-order valence-electron chi connectivity index (χ4n) is 4.14. The molecule has 8 nitrogen and oxygen atoms in total. The summed E-state index contributed by atoms with van der Waals surface area (Å²) in [6.07, 6.45) is 0. The van der Waals surface area contributed by atoms with Gasteiger partial charge in [-0.1, -0.05) is 48.0 Å². The SMILES string of the molecule is O=C(c1cc(Cl)ccc1[N+](=O)[O-])N1CCN(c2ccc(-c3ccc4ccccc4c3)nn2)CC1. The maximum atomic E-state index is 12.9. The molecule has 1 amide bonds. The molecule has 3 aromatic carbocycles. The van der Waals surface area contributed by atoms with Crippen LogP contribution in [0.2, 0.25) is 5.02 Å². The van der Waals surface area contributed by atoms with Crippen molar-refractivity contribution >= 4 is 39.8 Å². The predicted octanol–water partition coefficient (Wildman–Crippen LogP) is 4.82. The third-order valence-electron chi connectivity index (χ3n) is 5.97. The van der Waals surface area contributed by atoms with E-state index in [-0.39, 0.29) is 16.3 Å². The lowest BCUT2D eigenvalue weighted by Gasteiger charge is -2.35. The van der Waals surface area contributed by atoms with Crippen LogP contribution >= 0.6 is 11.6 Å². The molecule has 1 aliphatic heterocycles. The topological polar surface area (TPSA) is 92.5 Å². The van der Waals surface area contributed by atoms with E-state index in [1.54, 1.807) is 4.90 Å². The summed E-state index contributed by atoms with van der Waals surface area (Å²) in [6, 6.07) is 22.3. The maximum absolute atomic E-state index is 12.9. The van der Waals surface area contributed by atoms with E-state index in [9.17, 15) is 14.9 Å².